The highest BCUT2D eigenvalue weighted by Crippen LogP contribution is 2.28. The highest BCUT2D eigenvalue weighted by molar-refractivity contribution is 5.79. The molecule has 2 fully saturated rings. The number of anilines is 1. The number of ether oxygens (including phenoxy) is 1. The molecular weight excluding hydrogens is 284 g/mol. The van der Waals surface area contributed by atoms with E-state index in [1.165, 1.54) is 0 Å². The number of rotatable bonds is 3. The molecule has 7 heteroatoms. The summed E-state index contributed by atoms with van der Waals surface area (Å²) < 4.78 is 5.30. The van der Waals surface area contributed by atoms with Gasteiger partial charge in [0.25, 0.3) is 5.56 Å². The molecule has 1 aromatic heterocycles. The molecule has 0 spiro atoms. The molecular formula is C15H22N4O3. The van der Waals surface area contributed by atoms with Crippen molar-refractivity contribution >= 4 is 11.9 Å². The van der Waals surface area contributed by atoms with Crippen LogP contribution in [0.15, 0.2) is 10.9 Å². The van der Waals surface area contributed by atoms with E-state index >= 15 is 0 Å². The highest BCUT2D eigenvalue weighted by atomic mass is 16.5. The Labute approximate surface area is 129 Å². The number of carbonyl (C=O) groups excluding carboxylic acids is 1. The van der Waals surface area contributed by atoms with Gasteiger partial charge in [-0.25, -0.2) is 4.98 Å². The van der Waals surface area contributed by atoms with Gasteiger partial charge in [0.2, 0.25) is 11.9 Å². The van der Waals surface area contributed by atoms with Crippen molar-refractivity contribution in [1.29, 1.82) is 0 Å². The van der Waals surface area contributed by atoms with E-state index in [0.717, 1.165) is 25.1 Å². The fourth-order valence-electron chi connectivity index (χ4n) is 3.07. The van der Waals surface area contributed by atoms with Crippen LogP contribution in [0.4, 0.5) is 5.95 Å². The Kier molecular flexibility index (Phi) is 4.15. The maximum atomic E-state index is 12.4. The Morgan fingerprint density at radius 2 is 2.27 bits per heavy atom. The van der Waals surface area contributed by atoms with Gasteiger partial charge in [0.1, 0.15) is 0 Å². The number of H-pyrrole nitrogens is 1. The van der Waals surface area contributed by atoms with Gasteiger partial charge in [0, 0.05) is 45.8 Å². The second kappa shape index (κ2) is 6.08. The standard InChI is InChI=1S/C15H22N4O3/c1-18(2)15-16-12(7-13(20)17-15)10-3-5-19(8-10)14(21)11-4-6-22-9-11/h7,10-11H,3-6,8-9H2,1-2H3,(H,16,17,20). The number of carbonyl (C=O) groups is 1. The first-order chi connectivity index (χ1) is 10.5. The van der Waals surface area contributed by atoms with Crippen molar-refractivity contribution < 1.29 is 9.53 Å². The molecule has 22 heavy (non-hydrogen) atoms. The molecule has 1 amide bonds. The smallest absolute Gasteiger partial charge is 0.252 e. The second-order valence-electron chi connectivity index (χ2n) is 6.22. The summed E-state index contributed by atoms with van der Waals surface area (Å²) in [6.07, 6.45) is 1.66. The summed E-state index contributed by atoms with van der Waals surface area (Å²) in [7, 11) is 3.68. The summed E-state index contributed by atoms with van der Waals surface area (Å²) in [5.41, 5.74) is 0.619. The van der Waals surface area contributed by atoms with Crippen LogP contribution in [-0.4, -0.2) is 61.2 Å². The number of aromatic nitrogens is 2. The van der Waals surface area contributed by atoms with Crippen molar-refractivity contribution in [2.24, 2.45) is 5.92 Å². The van der Waals surface area contributed by atoms with Gasteiger partial charge < -0.3 is 14.5 Å². The van der Waals surface area contributed by atoms with Crippen LogP contribution in [0.3, 0.4) is 0 Å². The molecule has 120 valence electrons. The maximum Gasteiger partial charge on any atom is 0.252 e. The van der Waals surface area contributed by atoms with Gasteiger partial charge in [0.15, 0.2) is 0 Å². The van der Waals surface area contributed by atoms with E-state index in [4.69, 9.17) is 4.74 Å². The van der Waals surface area contributed by atoms with Gasteiger partial charge in [0.05, 0.1) is 18.2 Å². The largest absolute Gasteiger partial charge is 0.381 e. The van der Waals surface area contributed by atoms with Gasteiger partial charge >= 0.3 is 0 Å². The third-order valence-electron chi connectivity index (χ3n) is 4.37. The zero-order valence-electron chi connectivity index (χ0n) is 13.0. The quantitative estimate of drug-likeness (QED) is 0.862. The Bertz CT molecular complexity index is 607. The van der Waals surface area contributed by atoms with Crippen LogP contribution in [0.25, 0.3) is 0 Å². The Hall–Kier alpha value is -1.89. The number of aromatic amines is 1. The minimum absolute atomic E-state index is 0.00298. The highest BCUT2D eigenvalue weighted by Gasteiger charge is 2.34. The van der Waals surface area contributed by atoms with Crippen molar-refractivity contribution in [1.82, 2.24) is 14.9 Å². The van der Waals surface area contributed by atoms with Crippen LogP contribution in [0, 0.1) is 5.92 Å². The molecule has 7 nitrogen and oxygen atoms in total. The van der Waals surface area contributed by atoms with Crippen molar-refractivity contribution in [3.63, 3.8) is 0 Å². The first-order valence-electron chi connectivity index (χ1n) is 7.69. The normalized spacial score (nSPS) is 24.7. The van der Waals surface area contributed by atoms with E-state index in [2.05, 4.69) is 9.97 Å². The van der Waals surface area contributed by atoms with Crippen LogP contribution in [0.5, 0.6) is 0 Å². The lowest BCUT2D eigenvalue weighted by atomic mass is 10.0. The van der Waals surface area contributed by atoms with Gasteiger partial charge in [-0.1, -0.05) is 0 Å². The molecule has 2 atom stereocenters. The summed E-state index contributed by atoms with van der Waals surface area (Å²) in [5, 5.41) is 0. The van der Waals surface area contributed by atoms with E-state index in [-0.39, 0.29) is 23.3 Å². The summed E-state index contributed by atoms with van der Waals surface area (Å²) in [4.78, 5) is 35.1. The molecule has 2 aliphatic heterocycles. The predicted molar refractivity (Wildman–Crippen MR) is 82.0 cm³/mol. The molecule has 0 aliphatic carbocycles. The lowest BCUT2D eigenvalue weighted by molar-refractivity contribution is -0.134. The third kappa shape index (κ3) is 2.99. The van der Waals surface area contributed by atoms with Gasteiger partial charge in [-0.3, -0.25) is 14.6 Å². The molecule has 0 aromatic carbocycles. The molecule has 3 heterocycles. The van der Waals surface area contributed by atoms with E-state index in [9.17, 15) is 9.59 Å². The van der Waals surface area contributed by atoms with Crippen molar-refractivity contribution in [3.05, 3.63) is 22.1 Å². The fourth-order valence-corrected chi connectivity index (χ4v) is 3.07. The maximum absolute atomic E-state index is 12.4. The van der Waals surface area contributed by atoms with Crippen LogP contribution < -0.4 is 10.5 Å². The molecule has 1 N–H and O–H groups in total. The molecule has 3 rings (SSSR count). The van der Waals surface area contributed by atoms with Crippen molar-refractivity contribution in [3.8, 4) is 0 Å². The second-order valence-corrected chi connectivity index (χ2v) is 6.22. The number of nitrogens with one attached hydrogen (secondary N) is 1. The van der Waals surface area contributed by atoms with Crippen LogP contribution >= 0.6 is 0 Å². The number of amides is 1. The zero-order valence-corrected chi connectivity index (χ0v) is 13.0. The van der Waals surface area contributed by atoms with Gasteiger partial charge in [-0.05, 0) is 12.8 Å². The molecule has 0 bridgehead atoms. The molecule has 0 saturated carbocycles. The summed E-state index contributed by atoms with van der Waals surface area (Å²) >= 11 is 0. The number of hydrogen-bond acceptors (Lipinski definition) is 5. The minimum atomic E-state index is -0.150. The lowest BCUT2D eigenvalue weighted by Crippen LogP contribution is -2.34. The molecule has 2 saturated heterocycles. The van der Waals surface area contributed by atoms with Gasteiger partial charge in [-0.2, -0.15) is 0 Å². The Balaban J connectivity index is 1.72. The Morgan fingerprint density at radius 1 is 1.45 bits per heavy atom. The summed E-state index contributed by atoms with van der Waals surface area (Å²) in [6, 6.07) is 1.55. The summed E-state index contributed by atoms with van der Waals surface area (Å²) in [5.74, 6) is 0.865. The number of nitrogens with zero attached hydrogens (tertiary/aromatic N) is 3. The average Bonchev–Trinajstić information content (AvgIpc) is 3.17. The summed E-state index contributed by atoms with van der Waals surface area (Å²) in [6.45, 7) is 2.58. The minimum Gasteiger partial charge on any atom is -0.381 e. The van der Waals surface area contributed by atoms with Crippen LogP contribution in [0.1, 0.15) is 24.5 Å². The number of hydrogen-bond donors (Lipinski definition) is 1. The van der Waals surface area contributed by atoms with E-state index < -0.39 is 0 Å². The monoisotopic (exact) mass is 306 g/mol. The van der Waals surface area contributed by atoms with Crippen LogP contribution in [-0.2, 0) is 9.53 Å². The SMILES string of the molecule is CN(C)c1nc(C2CCN(C(=O)C3CCOC3)C2)cc(=O)[nH]1. The zero-order chi connectivity index (χ0) is 15.7. The third-order valence-corrected chi connectivity index (χ3v) is 4.37. The topological polar surface area (TPSA) is 78.5 Å². The predicted octanol–water partition coefficient (Wildman–Crippen LogP) is 0.188. The van der Waals surface area contributed by atoms with Crippen molar-refractivity contribution in [2.45, 2.75) is 18.8 Å². The average molecular weight is 306 g/mol. The van der Waals surface area contributed by atoms with Gasteiger partial charge in [-0.15, -0.1) is 0 Å². The number of likely N-dealkylation sites (tertiary alicyclic amines) is 1. The van der Waals surface area contributed by atoms with Crippen LogP contribution in [0.2, 0.25) is 0 Å². The Morgan fingerprint density at radius 3 is 2.95 bits per heavy atom. The molecule has 2 aliphatic rings. The fraction of sp³-hybridized carbons (Fsp3) is 0.667. The van der Waals surface area contributed by atoms with E-state index in [0.29, 0.717) is 25.7 Å². The molecule has 1 aromatic rings. The first-order valence-corrected chi connectivity index (χ1v) is 7.69. The van der Waals surface area contributed by atoms with E-state index in [1.54, 1.807) is 11.0 Å². The molecule has 0 radical (unpaired) electrons. The lowest BCUT2D eigenvalue weighted by Gasteiger charge is -2.20. The van der Waals surface area contributed by atoms with Crippen molar-refractivity contribution in [2.75, 3.05) is 45.3 Å². The van der Waals surface area contributed by atoms with E-state index in [1.807, 2.05) is 19.0 Å². The molecule has 2 unspecified atom stereocenters. The first kappa shape index (κ1) is 15.0.